The molecule has 0 N–H and O–H groups in total. The van der Waals surface area contributed by atoms with Crippen molar-refractivity contribution in [3.05, 3.63) is 10.4 Å². The Morgan fingerprint density at radius 1 is 1.55 bits per heavy atom. The summed E-state index contributed by atoms with van der Waals surface area (Å²) >= 11 is 0. The van der Waals surface area contributed by atoms with Crippen LogP contribution in [0.2, 0.25) is 0 Å². The van der Waals surface area contributed by atoms with Crippen LogP contribution in [0.4, 0.5) is 0 Å². The zero-order valence-electron chi connectivity index (χ0n) is 7.25. The summed E-state index contributed by atoms with van der Waals surface area (Å²) in [4.78, 5) is 2.91. The van der Waals surface area contributed by atoms with Crippen molar-refractivity contribution in [2.45, 2.75) is 45.1 Å². The van der Waals surface area contributed by atoms with Crippen LogP contribution in [-0.2, 0) is 0 Å². The van der Waals surface area contributed by atoms with Gasteiger partial charge >= 0.3 is 0 Å². The summed E-state index contributed by atoms with van der Waals surface area (Å²) in [6.07, 6.45) is 4.76. The highest BCUT2D eigenvalue weighted by molar-refractivity contribution is 4.91. The molecule has 1 rings (SSSR count). The normalized spacial score (nSPS) is 37.8. The predicted octanol–water partition coefficient (Wildman–Crippen LogP) is 3.27. The Bertz CT molecular complexity index is 184. The number of hydrogen-bond acceptors (Lipinski definition) is 1. The van der Waals surface area contributed by atoms with Crippen molar-refractivity contribution in [2.24, 2.45) is 11.0 Å². The van der Waals surface area contributed by atoms with E-state index in [2.05, 4.69) is 23.9 Å². The van der Waals surface area contributed by atoms with Gasteiger partial charge in [0.15, 0.2) is 0 Å². The molecule has 1 saturated carbocycles. The third-order valence-corrected chi connectivity index (χ3v) is 2.90. The fraction of sp³-hybridized carbons (Fsp3) is 1.00. The predicted molar refractivity (Wildman–Crippen MR) is 45.2 cm³/mol. The van der Waals surface area contributed by atoms with E-state index < -0.39 is 0 Å². The molecule has 0 spiro atoms. The fourth-order valence-electron chi connectivity index (χ4n) is 1.74. The molecular formula is C8H15N3. The summed E-state index contributed by atoms with van der Waals surface area (Å²) in [5.74, 6) is 0.548. The van der Waals surface area contributed by atoms with Crippen molar-refractivity contribution in [3.8, 4) is 0 Å². The summed E-state index contributed by atoms with van der Waals surface area (Å²) in [7, 11) is 0. The van der Waals surface area contributed by atoms with Gasteiger partial charge in [-0.25, -0.2) is 0 Å². The Morgan fingerprint density at radius 2 is 2.27 bits per heavy atom. The van der Waals surface area contributed by atoms with Crippen LogP contribution in [0.1, 0.15) is 39.5 Å². The van der Waals surface area contributed by atoms with Crippen molar-refractivity contribution in [2.75, 3.05) is 0 Å². The number of rotatable bonds is 1. The molecule has 2 atom stereocenters. The Kier molecular flexibility index (Phi) is 2.40. The van der Waals surface area contributed by atoms with Gasteiger partial charge in [-0.1, -0.05) is 38.2 Å². The maximum atomic E-state index is 8.36. The molecule has 0 amide bonds. The van der Waals surface area contributed by atoms with Crippen molar-refractivity contribution in [3.63, 3.8) is 0 Å². The molecule has 1 aliphatic rings. The van der Waals surface area contributed by atoms with E-state index in [9.17, 15) is 0 Å². The summed E-state index contributed by atoms with van der Waals surface area (Å²) < 4.78 is 0. The fourth-order valence-corrected chi connectivity index (χ4v) is 1.74. The average molecular weight is 153 g/mol. The molecular weight excluding hydrogens is 138 g/mol. The molecule has 3 heteroatoms. The lowest BCUT2D eigenvalue weighted by Gasteiger charge is -2.35. The highest BCUT2D eigenvalue weighted by atomic mass is 15.2. The van der Waals surface area contributed by atoms with Gasteiger partial charge < -0.3 is 0 Å². The summed E-state index contributed by atoms with van der Waals surface area (Å²) in [6, 6.07) is 0. The van der Waals surface area contributed by atoms with Crippen LogP contribution in [-0.4, -0.2) is 5.54 Å². The molecule has 0 aromatic rings. The number of azide groups is 1. The zero-order chi connectivity index (χ0) is 8.32. The van der Waals surface area contributed by atoms with E-state index in [1.54, 1.807) is 0 Å². The van der Waals surface area contributed by atoms with Gasteiger partial charge in [-0.05, 0) is 17.9 Å². The zero-order valence-corrected chi connectivity index (χ0v) is 7.25. The molecule has 11 heavy (non-hydrogen) atoms. The Hall–Kier alpha value is -0.690. The molecule has 0 aromatic carbocycles. The highest BCUT2D eigenvalue weighted by Gasteiger charge is 2.32. The molecule has 0 heterocycles. The van der Waals surface area contributed by atoms with Gasteiger partial charge in [-0.2, -0.15) is 0 Å². The van der Waals surface area contributed by atoms with E-state index in [1.165, 1.54) is 19.3 Å². The first-order valence-corrected chi connectivity index (χ1v) is 4.25. The van der Waals surface area contributed by atoms with Crippen molar-refractivity contribution >= 4 is 0 Å². The molecule has 3 nitrogen and oxygen atoms in total. The van der Waals surface area contributed by atoms with Crippen molar-refractivity contribution in [1.82, 2.24) is 0 Å². The first-order chi connectivity index (χ1) is 5.19. The van der Waals surface area contributed by atoms with E-state index >= 15 is 0 Å². The first kappa shape index (κ1) is 8.41. The molecule has 1 aliphatic carbocycles. The third-order valence-electron chi connectivity index (χ3n) is 2.90. The van der Waals surface area contributed by atoms with Crippen LogP contribution in [0.5, 0.6) is 0 Å². The Morgan fingerprint density at radius 3 is 2.82 bits per heavy atom. The second-order valence-electron chi connectivity index (χ2n) is 3.69. The largest absolute Gasteiger partial charge is 0.0873 e. The van der Waals surface area contributed by atoms with Crippen LogP contribution in [0, 0.1) is 5.92 Å². The van der Waals surface area contributed by atoms with Gasteiger partial charge in [0.25, 0.3) is 0 Å². The second-order valence-corrected chi connectivity index (χ2v) is 3.69. The van der Waals surface area contributed by atoms with E-state index in [1.807, 2.05) is 0 Å². The Labute approximate surface area is 67.4 Å². The van der Waals surface area contributed by atoms with E-state index in [-0.39, 0.29) is 5.54 Å². The second kappa shape index (κ2) is 3.14. The van der Waals surface area contributed by atoms with Gasteiger partial charge in [-0.15, -0.1) is 0 Å². The van der Waals surface area contributed by atoms with Crippen LogP contribution in [0.3, 0.4) is 0 Å². The minimum atomic E-state index is -0.104. The summed E-state index contributed by atoms with van der Waals surface area (Å²) in [5, 5.41) is 3.88. The van der Waals surface area contributed by atoms with Crippen LogP contribution in [0.15, 0.2) is 5.11 Å². The van der Waals surface area contributed by atoms with Gasteiger partial charge in [0.1, 0.15) is 0 Å². The molecule has 0 bridgehead atoms. The minimum absolute atomic E-state index is 0.104. The highest BCUT2D eigenvalue weighted by Crippen LogP contribution is 2.36. The quantitative estimate of drug-likeness (QED) is 0.315. The maximum absolute atomic E-state index is 8.36. The van der Waals surface area contributed by atoms with E-state index in [0.717, 1.165) is 6.42 Å². The van der Waals surface area contributed by atoms with Crippen LogP contribution >= 0.6 is 0 Å². The summed E-state index contributed by atoms with van der Waals surface area (Å²) in [6.45, 7) is 4.24. The molecule has 0 aliphatic heterocycles. The van der Waals surface area contributed by atoms with Crippen LogP contribution in [0.25, 0.3) is 10.4 Å². The molecule has 62 valence electrons. The monoisotopic (exact) mass is 153 g/mol. The lowest BCUT2D eigenvalue weighted by molar-refractivity contribution is 0.226. The molecule has 1 fully saturated rings. The van der Waals surface area contributed by atoms with Gasteiger partial charge in [-0.3, -0.25) is 0 Å². The molecule has 0 radical (unpaired) electrons. The molecule has 0 unspecified atom stereocenters. The standard InChI is InChI=1S/C8H15N3/c1-7-5-3-4-6-8(7,2)10-11-9/h7H,3-6H2,1-2H3/t7-,8+/m1/s1. The van der Waals surface area contributed by atoms with Gasteiger partial charge in [0.2, 0.25) is 0 Å². The molecule has 0 saturated heterocycles. The lowest BCUT2D eigenvalue weighted by atomic mass is 9.76. The number of nitrogens with zero attached hydrogens (tertiary/aromatic N) is 3. The topological polar surface area (TPSA) is 48.8 Å². The van der Waals surface area contributed by atoms with E-state index in [4.69, 9.17) is 5.53 Å². The van der Waals surface area contributed by atoms with Crippen molar-refractivity contribution < 1.29 is 0 Å². The maximum Gasteiger partial charge on any atom is 0.0485 e. The minimum Gasteiger partial charge on any atom is -0.0873 e. The summed E-state index contributed by atoms with van der Waals surface area (Å²) in [5.41, 5.74) is 8.26. The van der Waals surface area contributed by atoms with Gasteiger partial charge in [0.05, 0.1) is 0 Å². The smallest absolute Gasteiger partial charge is 0.0485 e. The van der Waals surface area contributed by atoms with E-state index in [0.29, 0.717) is 5.92 Å². The Balaban J connectivity index is 2.72. The van der Waals surface area contributed by atoms with Crippen molar-refractivity contribution in [1.29, 1.82) is 0 Å². The first-order valence-electron chi connectivity index (χ1n) is 4.25. The SMILES string of the molecule is C[C@@H]1CCCC[C@]1(C)N=[N+]=[N-]. The average Bonchev–Trinajstić information content (AvgIpc) is 1.96. The number of hydrogen-bond donors (Lipinski definition) is 0. The van der Waals surface area contributed by atoms with Gasteiger partial charge in [0, 0.05) is 10.5 Å². The molecule has 0 aromatic heterocycles. The lowest BCUT2D eigenvalue weighted by Crippen LogP contribution is -2.33. The van der Waals surface area contributed by atoms with Crippen LogP contribution < -0.4 is 0 Å². The third kappa shape index (κ3) is 1.66.